The van der Waals surface area contributed by atoms with Crippen molar-refractivity contribution in [2.75, 3.05) is 5.73 Å². The molecule has 0 unspecified atom stereocenters. The number of nitrogens with two attached hydrogens (primary N) is 1. The first-order valence-electron chi connectivity index (χ1n) is 3.68. The number of aliphatic hydroxyl groups excluding tert-OH is 1. The fourth-order valence-corrected chi connectivity index (χ4v) is 1.09. The van der Waals surface area contributed by atoms with E-state index in [1.807, 2.05) is 0 Å². The van der Waals surface area contributed by atoms with Crippen molar-refractivity contribution in [3.8, 4) is 6.07 Å². The zero-order chi connectivity index (χ0) is 10.7. The highest BCUT2D eigenvalue weighted by molar-refractivity contribution is 5.51. The summed E-state index contributed by atoms with van der Waals surface area (Å²) in [5.74, 6) is -0.179. The minimum atomic E-state index is -2.85. The fourth-order valence-electron chi connectivity index (χ4n) is 1.09. The summed E-state index contributed by atoms with van der Waals surface area (Å²) < 4.78 is 25.0. The van der Waals surface area contributed by atoms with E-state index in [1.54, 1.807) is 6.07 Å². The van der Waals surface area contributed by atoms with E-state index >= 15 is 0 Å². The van der Waals surface area contributed by atoms with E-state index in [1.165, 1.54) is 0 Å². The monoisotopic (exact) mass is 199 g/mol. The van der Waals surface area contributed by atoms with E-state index in [0.29, 0.717) is 0 Å². The number of anilines is 1. The SMILES string of the molecule is N#Cc1cnc(N)c(CO)c1C(F)F. The van der Waals surface area contributed by atoms with Crippen LogP contribution in [0.3, 0.4) is 0 Å². The molecule has 74 valence electrons. The molecule has 0 radical (unpaired) electrons. The molecular formula is C8H7F2N3O. The molecule has 1 aromatic rings. The lowest BCUT2D eigenvalue weighted by Gasteiger charge is -2.09. The van der Waals surface area contributed by atoms with Crippen LogP contribution < -0.4 is 5.73 Å². The van der Waals surface area contributed by atoms with Crippen LogP contribution in [0.4, 0.5) is 14.6 Å². The number of hydrogen-bond donors (Lipinski definition) is 2. The van der Waals surface area contributed by atoms with Crippen LogP contribution in [0, 0.1) is 11.3 Å². The molecule has 0 aromatic carbocycles. The van der Waals surface area contributed by atoms with Gasteiger partial charge in [0.1, 0.15) is 11.9 Å². The quantitative estimate of drug-likeness (QED) is 0.743. The van der Waals surface area contributed by atoms with E-state index in [0.717, 1.165) is 6.20 Å². The summed E-state index contributed by atoms with van der Waals surface area (Å²) in [5, 5.41) is 17.3. The van der Waals surface area contributed by atoms with Gasteiger partial charge >= 0.3 is 0 Å². The Hall–Kier alpha value is -1.74. The van der Waals surface area contributed by atoms with Crippen molar-refractivity contribution >= 4 is 5.82 Å². The van der Waals surface area contributed by atoms with Gasteiger partial charge in [-0.05, 0) is 0 Å². The second kappa shape index (κ2) is 3.98. The molecule has 3 N–H and O–H groups in total. The average molecular weight is 199 g/mol. The Labute approximate surface area is 78.6 Å². The first kappa shape index (κ1) is 10.3. The molecule has 0 bridgehead atoms. The minimum absolute atomic E-state index is 0.179. The Kier molecular flexibility index (Phi) is 2.94. The molecule has 6 heteroatoms. The largest absolute Gasteiger partial charge is 0.392 e. The molecule has 1 heterocycles. The van der Waals surface area contributed by atoms with Gasteiger partial charge in [-0.15, -0.1) is 0 Å². The minimum Gasteiger partial charge on any atom is -0.392 e. The number of pyridine rings is 1. The van der Waals surface area contributed by atoms with Crippen LogP contribution in [0.5, 0.6) is 0 Å². The lowest BCUT2D eigenvalue weighted by atomic mass is 10.1. The van der Waals surface area contributed by atoms with Gasteiger partial charge in [0, 0.05) is 17.3 Å². The molecule has 1 rings (SSSR count). The molecule has 0 spiro atoms. The van der Waals surface area contributed by atoms with Crippen LogP contribution >= 0.6 is 0 Å². The van der Waals surface area contributed by atoms with Gasteiger partial charge in [0.05, 0.1) is 12.2 Å². The Morgan fingerprint density at radius 2 is 2.29 bits per heavy atom. The lowest BCUT2D eigenvalue weighted by molar-refractivity contribution is 0.146. The predicted molar refractivity (Wildman–Crippen MR) is 44.2 cm³/mol. The summed E-state index contributed by atoms with van der Waals surface area (Å²) in [4.78, 5) is 3.53. The van der Waals surface area contributed by atoms with Crippen LogP contribution in [-0.2, 0) is 6.61 Å². The maximum absolute atomic E-state index is 12.5. The second-order valence-electron chi connectivity index (χ2n) is 2.52. The van der Waals surface area contributed by atoms with Gasteiger partial charge in [0.25, 0.3) is 6.43 Å². The van der Waals surface area contributed by atoms with E-state index < -0.39 is 18.6 Å². The number of aliphatic hydroxyl groups is 1. The van der Waals surface area contributed by atoms with Gasteiger partial charge in [-0.1, -0.05) is 0 Å². The lowest BCUT2D eigenvalue weighted by Crippen LogP contribution is -2.05. The molecule has 0 saturated carbocycles. The highest BCUT2D eigenvalue weighted by Gasteiger charge is 2.20. The van der Waals surface area contributed by atoms with Crippen molar-refractivity contribution < 1.29 is 13.9 Å². The molecule has 0 aliphatic carbocycles. The van der Waals surface area contributed by atoms with E-state index in [4.69, 9.17) is 16.1 Å². The summed E-state index contributed by atoms with van der Waals surface area (Å²) in [6.45, 7) is -0.659. The van der Waals surface area contributed by atoms with Crippen LogP contribution in [0.2, 0.25) is 0 Å². The molecule has 0 saturated heterocycles. The maximum Gasteiger partial charge on any atom is 0.265 e. The third kappa shape index (κ3) is 1.63. The number of alkyl halides is 2. The number of rotatable bonds is 2. The summed E-state index contributed by atoms with van der Waals surface area (Å²) in [5.41, 5.74) is 4.29. The van der Waals surface area contributed by atoms with Crippen molar-refractivity contribution in [3.05, 3.63) is 22.9 Å². The van der Waals surface area contributed by atoms with Crippen LogP contribution in [0.1, 0.15) is 23.1 Å². The molecule has 14 heavy (non-hydrogen) atoms. The van der Waals surface area contributed by atoms with Gasteiger partial charge in [-0.3, -0.25) is 0 Å². The van der Waals surface area contributed by atoms with Crippen molar-refractivity contribution in [2.45, 2.75) is 13.0 Å². The first-order valence-corrected chi connectivity index (χ1v) is 3.68. The van der Waals surface area contributed by atoms with Crippen LogP contribution in [-0.4, -0.2) is 10.1 Å². The third-order valence-electron chi connectivity index (χ3n) is 1.75. The molecule has 4 nitrogen and oxygen atoms in total. The molecule has 0 aliphatic rings. The zero-order valence-corrected chi connectivity index (χ0v) is 7.04. The fraction of sp³-hybridized carbons (Fsp3) is 0.250. The van der Waals surface area contributed by atoms with Gasteiger partial charge in [0.15, 0.2) is 0 Å². The zero-order valence-electron chi connectivity index (χ0n) is 7.04. The van der Waals surface area contributed by atoms with Crippen molar-refractivity contribution in [3.63, 3.8) is 0 Å². The van der Waals surface area contributed by atoms with Gasteiger partial charge in [-0.25, -0.2) is 13.8 Å². The standard InChI is InChI=1S/C8H7F2N3O/c9-7(10)6-4(1-11)2-13-8(12)5(6)3-14/h2,7,14H,3H2,(H2,12,13). The van der Waals surface area contributed by atoms with Crippen molar-refractivity contribution in [1.82, 2.24) is 4.98 Å². The molecule has 0 fully saturated rings. The number of halogens is 2. The highest BCUT2D eigenvalue weighted by Crippen LogP contribution is 2.28. The maximum atomic E-state index is 12.5. The topological polar surface area (TPSA) is 82.9 Å². The first-order chi connectivity index (χ1) is 6.61. The predicted octanol–water partition coefficient (Wildman–Crippen LogP) is 0.965. The highest BCUT2D eigenvalue weighted by atomic mass is 19.3. The summed E-state index contributed by atoms with van der Waals surface area (Å²) in [6.07, 6.45) is -1.88. The van der Waals surface area contributed by atoms with E-state index in [2.05, 4.69) is 4.98 Å². The number of nitriles is 1. The van der Waals surface area contributed by atoms with E-state index in [9.17, 15) is 8.78 Å². The number of nitrogens with zero attached hydrogens (tertiary/aromatic N) is 2. The van der Waals surface area contributed by atoms with Crippen molar-refractivity contribution in [1.29, 1.82) is 5.26 Å². The normalized spacial score (nSPS) is 10.2. The summed E-state index contributed by atoms with van der Waals surface area (Å²) in [6, 6.07) is 1.57. The molecule has 0 amide bonds. The summed E-state index contributed by atoms with van der Waals surface area (Å²) >= 11 is 0. The van der Waals surface area contributed by atoms with Gasteiger partial charge in [0.2, 0.25) is 0 Å². The van der Waals surface area contributed by atoms with Gasteiger partial charge < -0.3 is 10.8 Å². The Morgan fingerprint density at radius 1 is 1.64 bits per heavy atom. The third-order valence-corrected chi connectivity index (χ3v) is 1.75. The number of nitrogen functional groups attached to an aromatic ring is 1. The molecule has 0 aliphatic heterocycles. The summed E-state index contributed by atoms with van der Waals surface area (Å²) in [7, 11) is 0. The Balaban J connectivity index is 3.46. The molecule has 0 atom stereocenters. The van der Waals surface area contributed by atoms with Gasteiger partial charge in [-0.2, -0.15) is 5.26 Å². The van der Waals surface area contributed by atoms with Crippen LogP contribution in [0.25, 0.3) is 0 Å². The average Bonchev–Trinajstić information content (AvgIpc) is 2.17. The Morgan fingerprint density at radius 3 is 2.71 bits per heavy atom. The molecule has 1 aromatic heterocycles. The molecular weight excluding hydrogens is 192 g/mol. The number of hydrogen-bond acceptors (Lipinski definition) is 4. The van der Waals surface area contributed by atoms with Crippen molar-refractivity contribution in [2.24, 2.45) is 0 Å². The van der Waals surface area contributed by atoms with E-state index in [-0.39, 0.29) is 16.9 Å². The van der Waals surface area contributed by atoms with Crippen LogP contribution in [0.15, 0.2) is 6.20 Å². The second-order valence-corrected chi connectivity index (χ2v) is 2.52. The smallest absolute Gasteiger partial charge is 0.265 e. The number of aromatic nitrogens is 1. The Bertz CT molecular complexity index is 387.